The van der Waals surface area contributed by atoms with Gasteiger partial charge in [-0.15, -0.1) is 0 Å². The lowest BCUT2D eigenvalue weighted by Crippen LogP contribution is -2.50. The summed E-state index contributed by atoms with van der Waals surface area (Å²) in [5.41, 5.74) is 1.15. The predicted octanol–water partition coefficient (Wildman–Crippen LogP) is 2.60. The average Bonchev–Trinajstić information content (AvgIpc) is 2.69. The van der Waals surface area contributed by atoms with Crippen LogP contribution < -0.4 is 9.47 Å². The van der Waals surface area contributed by atoms with Crippen LogP contribution in [0.4, 0.5) is 0 Å². The van der Waals surface area contributed by atoms with Crippen molar-refractivity contribution in [1.82, 2.24) is 9.80 Å². The molecule has 5 heteroatoms. The van der Waals surface area contributed by atoms with E-state index in [4.69, 9.17) is 9.47 Å². The number of aryl methyl sites for hydroxylation is 1. The molecular formula is C21H26N2O3. The molecule has 0 atom stereocenters. The maximum Gasteiger partial charge on any atom is 0.260 e. The van der Waals surface area contributed by atoms with Crippen LogP contribution in [0.3, 0.4) is 0 Å². The fourth-order valence-electron chi connectivity index (χ4n) is 2.98. The molecule has 1 aliphatic heterocycles. The third-order valence-corrected chi connectivity index (χ3v) is 4.59. The minimum atomic E-state index is 0.0460. The molecule has 0 aromatic heterocycles. The number of hydrogen-bond donors (Lipinski definition) is 0. The highest BCUT2D eigenvalue weighted by Crippen LogP contribution is 2.16. The molecule has 0 unspecified atom stereocenters. The van der Waals surface area contributed by atoms with Crippen LogP contribution in [-0.2, 0) is 4.79 Å². The molecule has 0 radical (unpaired) electrons. The summed E-state index contributed by atoms with van der Waals surface area (Å²) in [6.07, 6.45) is 0. The molecule has 1 amide bonds. The summed E-state index contributed by atoms with van der Waals surface area (Å²) in [7, 11) is 0. The number of carbonyl (C=O) groups excluding carboxylic acids is 1. The zero-order valence-corrected chi connectivity index (χ0v) is 15.3. The first kappa shape index (κ1) is 18.3. The minimum Gasteiger partial charge on any atom is -0.492 e. The Bertz CT molecular complexity index is 697. The van der Waals surface area contributed by atoms with Crippen LogP contribution in [-0.4, -0.2) is 61.6 Å². The lowest BCUT2D eigenvalue weighted by atomic mass is 10.2. The number of para-hydroxylation sites is 2. The summed E-state index contributed by atoms with van der Waals surface area (Å²) < 4.78 is 11.4. The summed E-state index contributed by atoms with van der Waals surface area (Å²) in [5, 5.41) is 0. The van der Waals surface area contributed by atoms with E-state index >= 15 is 0 Å². The van der Waals surface area contributed by atoms with Gasteiger partial charge in [0.2, 0.25) is 0 Å². The summed E-state index contributed by atoms with van der Waals surface area (Å²) in [4.78, 5) is 16.5. The number of rotatable bonds is 7. The Morgan fingerprint density at radius 2 is 1.62 bits per heavy atom. The highest BCUT2D eigenvalue weighted by Gasteiger charge is 2.21. The zero-order valence-electron chi connectivity index (χ0n) is 15.3. The molecule has 1 saturated heterocycles. The molecule has 0 aliphatic carbocycles. The van der Waals surface area contributed by atoms with Gasteiger partial charge in [0.05, 0.1) is 0 Å². The van der Waals surface area contributed by atoms with Crippen LogP contribution in [0, 0.1) is 6.92 Å². The number of hydrogen-bond acceptors (Lipinski definition) is 4. The lowest BCUT2D eigenvalue weighted by molar-refractivity contribution is -0.135. The molecule has 1 heterocycles. The van der Waals surface area contributed by atoms with E-state index in [0.29, 0.717) is 6.61 Å². The summed E-state index contributed by atoms with van der Waals surface area (Å²) >= 11 is 0. The molecule has 2 aromatic rings. The van der Waals surface area contributed by atoms with Gasteiger partial charge < -0.3 is 14.4 Å². The second kappa shape index (κ2) is 9.25. The van der Waals surface area contributed by atoms with E-state index < -0.39 is 0 Å². The monoisotopic (exact) mass is 354 g/mol. The second-order valence-electron chi connectivity index (χ2n) is 6.44. The van der Waals surface area contributed by atoms with E-state index in [1.165, 1.54) is 0 Å². The minimum absolute atomic E-state index is 0.0460. The lowest BCUT2D eigenvalue weighted by Gasteiger charge is -2.34. The number of benzene rings is 2. The molecule has 0 spiro atoms. The van der Waals surface area contributed by atoms with Crippen molar-refractivity contribution >= 4 is 5.91 Å². The zero-order chi connectivity index (χ0) is 18.2. The molecule has 0 N–H and O–H groups in total. The first-order valence-electron chi connectivity index (χ1n) is 9.09. The normalized spacial score (nSPS) is 14.9. The van der Waals surface area contributed by atoms with Crippen molar-refractivity contribution in [2.75, 3.05) is 45.9 Å². The number of amides is 1. The number of carbonyl (C=O) groups is 1. The van der Waals surface area contributed by atoms with Gasteiger partial charge >= 0.3 is 0 Å². The molecule has 5 nitrogen and oxygen atoms in total. The fourth-order valence-corrected chi connectivity index (χ4v) is 2.98. The highest BCUT2D eigenvalue weighted by atomic mass is 16.5. The van der Waals surface area contributed by atoms with Crippen molar-refractivity contribution in [3.8, 4) is 11.5 Å². The van der Waals surface area contributed by atoms with E-state index in [1.807, 2.05) is 53.4 Å². The van der Waals surface area contributed by atoms with Gasteiger partial charge in [0.15, 0.2) is 6.61 Å². The van der Waals surface area contributed by atoms with Crippen molar-refractivity contribution in [2.45, 2.75) is 6.92 Å². The molecular weight excluding hydrogens is 328 g/mol. The highest BCUT2D eigenvalue weighted by molar-refractivity contribution is 5.77. The van der Waals surface area contributed by atoms with Gasteiger partial charge in [-0.2, -0.15) is 0 Å². The van der Waals surface area contributed by atoms with Crippen molar-refractivity contribution in [2.24, 2.45) is 0 Å². The van der Waals surface area contributed by atoms with Gasteiger partial charge in [-0.3, -0.25) is 9.69 Å². The molecule has 0 saturated carbocycles. The van der Waals surface area contributed by atoms with Gasteiger partial charge in [-0.25, -0.2) is 0 Å². The molecule has 3 rings (SSSR count). The quantitative estimate of drug-likeness (QED) is 0.766. The van der Waals surface area contributed by atoms with Crippen LogP contribution in [0.2, 0.25) is 0 Å². The van der Waals surface area contributed by atoms with Crippen molar-refractivity contribution < 1.29 is 14.3 Å². The Balaban J connectivity index is 1.34. The fraction of sp³-hybridized carbons (Fsp3) is 0.381. The maximum atomic E-state index is 12.3. The Labute approximate surface area is 155 Å². The molecule has 26 heavy (non-hydrogen) atoms. The van der Waals surface area contributed by atoms with E-state index in [1.54, 1.807) is 0 Å². The van der Waals surface area contributed by atoms with Gasteiger partial charge in [0, 0.05) is 32.7 Å². The van der Waals surface area contributed by atoms with Crippen molar-refractivity contribution in [3.63, 3.8) is 0 Å². The maximum absolute atomic E-state index is 12.3. The van der Waals surface area contributed by atoms with E-state index in [2.05, 4.69) is 17.9 Å². The second-order valence-corrected chi connectivity index (χ2v) is 6.44. The smallest absolute Gasteiger partial charge is 0.260 e. The summed E-state index contributed by atoms with van der Waals surface area (Å²) in [6.45, 7) is 6.90. The van der Waals surface area contributed by atoms with Gasteiger partial charge in [0.25, 0.3) is 5.91 Å². The molecule has 2 aromatic carbocycles. The number of ether oxygens (including phenoxy) is 2. The Hall–Kier alpha value is -2.53. The summed E-state index contributed by atoms with van der Waals surface area (Å²) in [5.74, 6) is 1.72. The number of piperazine rings is 1. The summed E-state index contributed by atoms with van der Waals surface area (Å²) in [6, 6.07) is 17.5. The third kappa shape index (κ3) is 5.23. The molecule has 1 fully saturated rings. The number of nitrogens with zero attached hydrogens (tertiary/aromatic N) is 2. The topological polar surface area (TPSA) is 42.0 Å². The largest absolute Gasteiger partial charge is 0.492 e. The predicted molar refractivity (Wildman–Crippen MR) is 102 cm³/mol. The Kier molecular flexibility index (Phi) is 6.50. The molecule has 0 bridgehead atoms. The Morgan fingerprint density at radius 3 is 2.35 bits per heavy atom. The molecule has 1 aliphatic rings. The van der Waals surface area contributed by atoms with Gasteiger partial charge in [-0.05, 0) is 30.7 Å². The first-order chi connectivity index (χ1) is 12.7. The van der Waals surface area contributed by atoms with Crippen LogP contribution in [0.25, 0.3) is 0 Å². The van der Waals surface area contributed by atoms with E-state index in [9.17, 15) is 4.79 Å². The SMILES string of the molecule is Cc1ccccc1OCCN1CCN(C(=O)COc2ccccc2)CC1. The third-order valence-electron chi connectivity index (χ3n) is 4.59. The first-order valence-corrected chi connectivity index (χ1v) is 9.09. The van der Waals surface area contributed by atoms with Crippen molar-refractivity contribution in [1.29, 1.82) is 0 Å². The average molecular weight is 354 g/mol. The van der Waals surface area contributed by atoms with Gasteiger partial charge in [0.1, 0.15) is 18.1 Å². The molecule has 138 valence electrons. The van der Waals surface area contributed by atoms with E-state index in [0.717, 1.165) is 49.8 Å². The standard InChI is InChI=1S/C21H26N2O3/c1-18-7-5-6-10-20(18)25-16-15-22-11-13-23(14-12-22)21(24)17-26-19-8-3-2-4-9-19/h2-10H,11-17H2,1H3. The van der Waals surface area contributed by atoms with Crippen LogP contribution >= 0.6 is 0 Å². The van der Waals surface area contributed by atoms with Crippen LogP contribution in [0.1, 0.15) is 5.56 Å². The van der Waals surface area contributed by atoms with Crippen LogP contribution in [0.5, 0.6) is 11.5 Å². The van der Waals surface area contributed by atoms with E-state index in [-0.39, 0.29) is 12.5 Å². The Morgan fingerprint density at radius 1 is 0.923 bits per heavy atom. The van der Waals surface area contributed by atoms with Crippen LogP contribution in [0.15, 0.2) is 54.6 Å². The van der Waals surface area contributed by atoms with Gasteiger partial charge in [-0.1, -0.05) is 36.4 Å². The van der Waals surface area contributed by atoms with Crippen molar-refractivity contribution in [3.05, 3.63) is 60.2 Å².